The summed E-state index contributed by atoms with van der Waals surface area (Å²) in [6.45, 7) is 8.02. The molecule has 1 N–H and O–H groups in total. The molecule has 0 aromatic heterocycles. The standard InChI is InChI=1S/C33H41N3O2/c1-3-35(4-2)24-14-8-6-5-7-9-15-26-20-22-27(23-21-26)25-32(37)36-30-18-12-10-16-28(30)33(38)34-29-17-11-13-19-31(29)36/h10-13,16-23H,3-9,14-15,24-25H2,1-2H3,(H,34,38). The van der Waals surface area contributed by atoms with Crippen LogP contribution in [-0.4, -0.2) is 36.3 Å². The van der Waals surface area contributed by atoms with Crippen molar-refractivity contribution >= 4 is 28.9 Å². The van der Waals surface area contributed by atoms with Gasteiger partial charge in [0.1, 0.15) is 0 Å². The molecule has 5 nitrogen and oxygen atoms in total. The van der Waals surface area contributed by atoms with Gasteiger partial charge in [0.2, 0.25) is 5.91 Å². The van der Waals surface area contributed by atoms with Crippen molar-refractivity contribution in [2.24, 2.45) is 0 Å². The smallest absolute Gasteiger partial charge is 0.257 e. The fourth-order valence-corrected chi connectivity index (χ4v) is 5.21. The Morgan fingerprint density at radius 3 is 2.08 bits per heavy atom. The van der Waals surface area contributed by atoms with Gasteiger partial charge in [0.15, 0.2) is 0 Å². The molecule has 0 fully saturated rings. The second kappa shape index (κ2) is 13.9. The van der Waals surface area contributed by atoms with Gasteiger partial charge in [-0.05, 0) is 74.3 Å². The summed E-state index contributed by atoms with van der Waals surface area (Å²) in [4.78, 5) is 30.6. The van der Waals surface area contributed by atoms with E-state index in [9.17, 15) is 9.59 Å². The number of benzene rings is 3. The van der Waals surface area contributed by atoms with E-state index in [0.29, 0.717) is 22.6 Å². The SMILES string of the molecule is CCN(CC)CCCCCCCCc1ccc(CC(=O)N2c3ccccc3NC(=O)c3ccccc32)cc1. The summed E-state index contributed by atoms with van der Waals surface area (Å²) >= 11 is 0. The summed E-state index contributed by atoms with van der Waals surface area (Å²) in [5.41, 5.74) is 4.75. The minimum absolute atomic E-state index is 0.0601. The first kappa shape index (κ1) is 27.6. The molecule has 3 aromatic rings. The molecule has 1 aliphatic heterocycles. The molecule has 0 saturated heterocycles. The average molecular weight is 512 g/mol. The van der Waals surface area contributed by atoms with Crippen LogP contribution in [0.3, 0.4) is 0 Å². The van der Waals surface area contributed by atoms with E-state index in [1.54, 1.807) is 11.0 Å². The van der Waals surface area contributed by atoms with Crippen LogP contribution >= 0.6 is 0 Å². The molecular formula is C33H41N3O2. The Balaban J connectivity index is 1.30. The number of amides is 2. The molecule has 0 atom stereocenters. The van der Waals surface area contributed by atoms with Crippen LogP contribution in [0.2, 0.25) is 0 Å². The normalized spacial score (nSPS) is 12.6. The van der Waals surface area contributed by atoms with Crippen molar-refractivity contribution in [3.05, 3.63) is 89.5 Å². The third-order valence-corrected chi connectivity index (χ3v) is 7.49. The number of fused-ring (bicyclic) bond motifs is 2. The Morgan fingerprint density at radius 2 is 1.34 bits per heavy atom. The van der Waals surface area contributed by atoms with Gasteiger partial charge in [-0.2, -0.15) is 0 Å². The summed E-state index contributed by atoms with van der Waals surface area (Å²) in [5, 5.41) is 2.95. The average Bonchev–Trinajstić information content (AvgIpc) is 3.07. The van der Waals surface area contributed by atoms with Gasteiger partial charge < -0.3 is 10.2 Å². The van der Waals surface area contributed by atoms with Crippen LogP contribution in [0.15, 0.2) is 72.8 Å². The molecule has 0 radical (unpaired) electrons. The van der Waals surface area contributed by atoms with Crippen LogP contribution in [0, 0.1) is 0 Å². The van der Waals surface area contributed by atoms with Crippen LogP contribution < -0.4 is 10.2 Å². The number of carbonyl (C=O) groups is 2. The van der Waals surface area contributed by atoms with E-state index in [4.69, 9.17) is 0 Å². The predicted molar refractivity (Wildman–Crippen MR) is 157 cm³/mol. The zero-order chi connectivity index (χ0) is 26.7. The maximum atomic E-state index is 13.6. The van der Waals surface area contributed by atoms with Crippen molar-refractivity contribution in [2.45, 2.75) is 65.2 Å². The van der Waals surface area contributed by atoms with Gasteiger partial charge in [0.05, 0.1) is 29.0 Å². The first-order chi connectivity index (χ1) is 18.6. The molecule has 0 saturated carbocycles. The Morgan fingerprint density at radius 1 is 0.737 bits per heavy atom. The van der Waals surface area contributed by atoms with E-state index < -0.39 is 0 Å². The van der Waals surface area contributed by atoms with Crippen LogP contribution in [-0.2, 0) is 17.6 Å². The third kappa shape index (κ3) is 7.11. The van der Waals surface area contributed by atoms with Gasteiger partial charge in [0, 0.05) is 0 Å². The van der Waals surface area contributed by atoms with E-state index in [1.165, 1.54) is 50.6 Å². The Hall–Kier alpha value is -3.44. The predicted octanol–water partition coefficient (Wildman–Crippen LogP) is 7.38. The molecule has 0 aliphatic carbocycles. The van der Waals surface area contributed by atoms with E-state index in [0.717, 1.165) is 25.1 Å². The van der Waals surface area contributed by atoms with Gasteiger partial charge in [-0.15, -0.1) is 0 Å². The molecule has 200 valence electrons. The molecule has 2 amide bonds. The molecule has 0 bridgehead atoms. The minimum Gasteiger partial charge on any atom is -0.320 e. The topological polar surface area (TPSA) is 52.7 Å². The second-order valence-electron chi connectivity index (χ2n) is 10.1. The quantitative estimate of drug-likeness (QED) is 0.244. The fraction of sp³-hybridized carbons (Fsp3) is 0.394. The summed E-state index contributed by atoms with van der Waals surface area (Å²) < 4.78 is 0. The van der Waals surface area contributed by atoms with Gasteiger partial charge in [-0.1, -0.05) is 88.1 Å². The van der Waals surface area contributed by atoms with Crippen LogP contribution in [0.4, 0.5) is 17.1 Å². The summed E-state index contributed by atoms with van der Waals surface area (Å²) in [6, 6.07) is 23.2. The van der Waals surface area contributed by atoms with Crippen LogP contribution in [0.1, 0.15) is 73.9 Å². The molecule has 38 heavy (non-hydrogen) atoms. The van der Waals surface area contributed by atoms with E-state index in [1.807, 2.05) is 42.5 Å². The van der Waals surface area contributed by atoms with Crippen molar-refractivity contribution < 1.29 is 9.59 Å². The Labute approximate surface area is 227 Å². The van der Waals surface area contributed by atoms with Crippen molar-refractivity contribution in [1.82, 2.24) is 4.90 Å². The largest absolute Gasteiger partial charge is 0.320 e. The van der Waals surface area contributed by atoms with Crippen molar-refractivity contribution in [3.8, 4) is 0 Å². The van der Waals surface area contributed by atoms with E-state index in [2.05, 4.69) is 48.3 Å². The third-order valence-electron chi connectivity index (χ3n) is 7.49. The lowest BCUT2D eigenvalue weighted by atomic mass is 10.0. The van der Waals surface area contributed by atoms with Gasteiger partial charge in [-0.3, -0.25) is 14.5 Å². The Bertz CT molecular complexity index is 1200. The number of rotatable bonds is 13. The number of carbonyl (C=O) groups excluding carboxylic acids is 2. The lowest BCUT2D eigenvalue weighted by Gasteiger charge is -2.24. The molecule has 1 heterocycles. The first-order valence-electron chi connectivity index (χ1n) is 14.2. The number of anilines is 3. The lowest BCUT2D eigenvalue weighted by molar-refractivity contribution is -0.117. The molecule has 5 heteroatoms. The maximum Gasteiger partial charge on any atom is 0.257 e. The zero-order valence-electron chi connectivity index (χ0n) is 22.9. The van der Waals surface area contributed by atoms with Crippen molar-refractivity contribution in [1.29, 1.82) is 0 Å². The highest BCUT2D eigenvalue weighted by Gasteiger charge is 2.28. The number of para-hydroxylation sites is 3. The van der Waals surface area contributed by atoms with Crippen molar-refractivity contribution in [3.63, 3.8) is 0 Å². The number of unbranched alkanes of at least 4 members (excludes halogenated alkanes) is 5. The number of hydrogen-bond acceptors (Lipinski definition) is 3. The van der Waals surface area contributed by atoms with E-state index >= 15 is 0 Å². The highest BCUT2D eigenvalue weighted by atomic mass is 16.2. The Kier molecular flexibility index (Phi) is 10.1. The molecule has 4 rings (SSSR count). The minimum atomic E-state index is -0.202. The van der Waals surface area contributed by atoms with Crippen LogP contribution in [0.5, 0.6) is 0 Å². The summed E-state index contributed by atoms with van der Waals surface area (Å²) in [5.74, 6) is -0.262. The van der Waals surface area contributed by atoms with E-state index in [-0.39, 0.29) is 18.2 Å². The maximum absolute atomic E-state index is 13.6. The van der Waals surface area contributed by atoms with Gasteiger partial charge in [0.25, 0.3) is 5.91 Å². The molecule has 1 aliphatic rings. The van der Waals surface area contributed by atoms with Gasteiger partial charge in [-0.25, -0.2) is 0 Å². The highest BCUT2D eigenvalue weighted by Crippen LogP contribution is 2.38. The summed E-state index contributed by atoms with van der Waals surface area (Å²) in [6.07, 6.45) is 9.09. The number of nitrogens with one attached hydrogen (secondary N) is 1. The molecule has 0 spiro atoms. The molecule has 3 aromatic carbocycles. The van der Waals surface area contributed by atoms with Crippen LogP contribution in [0.25, 0.3) is 0 Å². The second-order valence-corrected chi connectivity index (χ2v) is 10.1. The first-order valence-corrected chi connectivity index (χ1v) is 14.2. The summed E-state index contributed by atoms with van der Waals surface area (Å²) in [7, 11) is 0. The highest BCUT2D eigenvalue weighted by molar-refractivity contribution is 6.17. The fourth-order valence-electron chi connectivity index (χ4n) is 5.21. The lowest BCUT2D eigenvalue weighted by Crippen LogP contribution is -2.28. The van der Waals surface area contributed by atoms with Crippen molar-refractivity contribution in [2.75, 3.05) is 29.9 Å². The number of nitrogens with zero attached hydrogens (tertiary/aromatic N) is 2. The zero-order valence-corrected chi connectivity index (χ0v) is 22.9. The molecule has 0 unspecified atom stereocenters. The number of aryl methyl sites for hydroxylation is 1. The monoisotopic (exact) mass is 511 g/mol. The number of hydrogen-bond donors (Lipinski definition) is 1. The molecular weight excluding hydrogens is 470 g/mol. The van der Waals surface area contributed by atoms with Gasteiger partial charge >= 0.3 is 0 Å².